The zero-order chi connectivity index (χ0) is 17.9. The maximum absolute atomic E-state index is 12.0. The lowest BCUT2D eigenvalue weighted by Crippen LogP contribution is -2.40. The van der Waals surface area contributed by atoms with E-state index in [4.69, 9.17) is 0 Å². The number of hydrogen-bond acceptors (Lipinski definition) is 2. The summed E-state index contributed by atoms with van der Waals surface area (Å²) in [6.45, 7) is 11.6. The molecular weight excluding hydrogens is 368 g/mol. The van der Waals surface area contributed by atoms with E-state index in [1.165, 1.54) is 11.1 Å². The summed E-state index contributed by atoms with van der Waals surface area (Å²) in [6, 6.07) is 6.20. The van der Waals surface area contributed by atoms with Crippen molar-refractivity contribution in [2.45, 2.75) is 40.7 Å². The van der Waals surface area contributed by atoms with Crippen molar-refractivity contribution in [1.29, 1.82) is 0 Å². The van der Waals surface area contributed by atoms with Gasteiger partial charge in [0.05, 0.1) is 6.54 Å². The molecule has 1 rings (SSSR count). The molecule has 0 atom stereocenters. The van der Waals surface area contributed by atoms with Gasteiger partial charge in [0.15, 0.2) is 5.96 Å². The molecule has 0 aromatic heterocycles. The summed E-state index contributed by atoms with van der Waals surface area (Å²) in [5.41, 5.74) is 2.40. The van der Waals surface area contributed by atoms with E-state index in [0.717, 1.165) is 30.1 Å². The number of aryl methyl sites for hydroxylation is 1. The van der Waals surface area contributed by atoms with E-state index in [-0.39, 0.29) is 5.91 Å². The Labute approximate surface area is 154 Å². The third-order valence-electron chi connectivity index (χ3n) is 3.80. The largest absolute Gasteiger partial charge is 0.357 e. The van der Waals surface area contributed by atoms with Gasteiger partial charge in [-0.2, -0.15) is 0 Å². The Bertz CT molecular complexity index is 556. The quantitative estimate of drug-likeness (QED) is 0.524. The molecule has 0 fully saturated rings. The van der Waals surface area contributed by atoms with Gasteiger partial charge in [0, 0.05) is 37.1 Å². The molecule has 2 N–H and O–H groups in total. The number of nitrogens with one attached hydrogen (secondary N) is 2. The van der Waals surface area contributed by atoms with Crippen molar-refractivity contribution in [2.75, 3.05) is 26.2 Å². The molecule has 0 unspecified atom stereocenters. The second-order valence-corrected chi connectivity index (χ2v) is 6.42. The van der Waals surface area contributed by atoms with E-state index in [0.29, 0.717) is 19.5 Å². The van der Waals surface area contributed by atoms with E-state index in [9.17, 15) is 4.79 Å². The van der Waals surface area contributed by atoms with Crippen LogP contribution >= 0.6 is 15.9 Å². The first kappa shape index (κ1) is 20.5. The first-order valence-electron chi connectivity index (χ1n) is 8.56. The summed E-state index contributed by atoms with van der Waals surface area (Å²) in [5.74, 6) is 0.916. The number of amides is 1. The summed E-state index contributed by atoms with van der Waals surface area (Å²) in [4.78, 5) is 18.5. The lowest BCUT2D eigenvalue weighted by molar-refractivity contribution is -0.130. The van der Waals surface area contributed by atoms with Crippen LogP contribution in [0.1, 0.15) is 38.3 Å². The van der Waals surface area contributed by atoms with Crippen LogP contribution in [0.3, 0.4) is 0 Å². The number of carbonyl (C=O) groups excluding carboxylic acids is 1. The molecule has 0 bridgehead atoms. The Morgan fingerprint density at radius 3 is 2.50 bits per heavy atom. The number of aliphatic imine (C=N–C) groups is 1. The van der Waals surface area contributed by atoms with E-state index < -0.39 is 0 Å². The number of rotatable bonds is 8. The van der Waals surface area contributed by atoms with Crippen LogP contribution in [-0.4, -0.2) is 42.9 Å². The normalized spacial score (nSPS) is 11.3. The van der Waals surface area contributed by atoms with Gasteiger partial charge in [-0.25, -0.2) is 4.99 Å². The highest BCUT2D eigenvalue weighted by Gasteiger charge is 2.09. The molecule has 0 saturated heterocycles. The van der Waals surface area contributed by atoms with Gasteiger partial charge in [0.1, 0.15) is 0 Å². The van der Waals surface area contributed by atoms with Crippen LogP contribution in [0.5, 0.6) is 0 Å². The summed E-state index contributed by atoms with van der Waals surface area (Å²) >= 11 is 3.48. The van der Waals surface area contributed by atoms with Crippen LogP contribution in [0.25, 0.3) is 0 Å². The Balaban J connectivity index is 2.58. The van der Waals surface area contributed by atoms with Crippen molar-refractivity contribution >= 4 is 27.8 Å². The molecule has 1 aromatic carbocycles. The third kappa shape index (κ3) is 6.91. The molecule has 0 aliphatic carbocycles. The second-order valence-electron chi connectivity index (χ2n) is 5.51. The Kier molecular flexibility index (Phi) is 9.45. The lowest BCUT2D eigenvalue weighted by Gasteiger charge is -2.19. The first-order valence-corrected chi connectivity index (χ1v) is 9.36. The van der Waals surface area contributed by atoms with Gasteiger partial charge in [-0.1, -0.05) is 22.0 Å². The van der Waals surface area contributed by atoms with Crippen molar-refractivity contribution in [3.8, 4) is 0 Å². The van der Waals surface area contributed by atoms with Crippen molar-refractivity contribution in [2.24, 2.45) is 4.99 Å². The van der Waals surface area contributed by atoms with Crippen LogP contribution in [-0.2, 0) is 11.3 Å². The van der Waals surface area contributed by atoms with Gasteiger partial charge < -0.3 is 15.5 Å². The molecular formula is C18H29BrN4O. The zero-order valence-electron chi connectivity index (χ0n) is 15.2. The monoisotopic (exact) mass is 396 g/mol. The summed E-state index contributed by atoms with van der Waals surface area (Å²) < 4.78 is 1.08. The first-order chi connectivity index (χ1) is 11.5. The second kappa shape index (κ2) is 11.1. The number of nitrogens with zero attached hydrogens (tertiary/aromatic N) is 2. The van der Waals surface area contributed by atoms with Gasteiger partial charge >= 0.3 is 0 Å². The van der Waals surface area contributed by atoms with Gasteiger partial charge in [0.2, 0.25) is 5.91 Å². The molecule has 0 radical (unpaired) electrons. The molecule has 134 valence electrons. The fourth-order valence-corrected chi connectivity index (χ4v) is 2.84. The Morgan fingerprint density at radius 1 is 1.21 bits per heavy atom. The molecule has 0 saturated carbocycles. The molecule has 24 heavy (non-hydrogen) atoms. The molecule has 0 heterocycles. The standard InChI is InChI=1S/C18H29BrN4O/c1-5-20-18(21-11-10-17(24)23(6-2)7-3)22-13-15-8-9-16(19)12-14(15)4/h8-9,12H,5-7,10-11,13H2,1-4H3,(H2,20,21,22). The van der Waals surface area contributed by atoms with Crippen LogP contribution in [0.4, 0.5) is 0 Å². The molecule has 0 spiro atoms. The van der Waals surface area contributed by atoms with Crippen molar-refractivity contribution in [3.05, 3.63) is 33.8 Å². The van der Waals surface area contributed by atoms with Gasteiger partial charge in [-0.3, -0.25) is 4.79 Å². The molecule has 0 aliphatic rings. The molecule has 1 amide bonds. The number of halogens is 1. The SMILES string of the molecule is CCNC(=NCc1ccc(Br)cc1C)NCCC(=O)N(CC)CC. The van der Waals surface area contributed by atoms with E-state index in [1.54, 1.807) is 0 Å². The van der Waals surface area contributed by atoms with Crippen LogP contribution in [0.15, 0.2) is 27.7 Å². The Morgan fingerprint density at radius 2 is 1.92 bits per heavy atom. The average Bonchev–Trinajstić information content (AvgIpc) is 2.55. The molecule has 6 heteroatoms. The highest BCUT2D eigenvalue weighted by Crippen LogP contribution is 2.16. The van der Waals surface area contributed by atoms with E-state index in [1.807, 2.05) is 31.7 Å². The maximum Gasteiger partial charge on any atom is 0.224 e. The van der Waals surface area contributed by atoms with E-state index >= 15 is 0 Å². The molecule has 0 aliphatic heterocycles. The highest BCUT2D eigenvalue weighted by atomic mass is 79.9. The minimum atomic E-state index is 0.173. The summed E-state index contributed by atoms with van der Waals surface area (Å²) in [6.07, 6.45) is 0.476. The fraction of sp³-hybridized carbons (Fsp3) is 0.556. The lowest BCUT2D eigenvalue weighted by atomic mass is 10.1. The number of hydrogen-bond donors (Lipinski definition) is 2. The maximum atomic E-state index is 12.0. The van der Waals surface area contributed by atoms with Crippen molar-refractivity contribution < 1.29 is 4.79 Å². The highest BCUT2D eigenvalue weighted by molar-refractivity contribution is 9.10. The van der Waals surface area contributed by atoms with Crippen LogP contribution in [0, 0.1) is 6.92 Å². The molecule has 5 nitrogen and oxygen atoms in total. The van der Waals surface area contributed by atoms with E-state index in [2.05, 4.69) is 50.6 Å². The average molecular weight is 397 g/mol. The van der Waals surface area contributed by atoms with Crippen molar-refractivity contribution in [1.82, 2.24) is 15.5 Å². The van der Waals surface area contributed by atoms with Gasteiger partial charge in [-0.15, -0.1) is 0 Å². The topological polar surface area (TPSA) is 56.7 Å². The number of guanidine groups is 1. The Hall–Kier alpha value is -1.56. The fourth-order valence-electron chi connectivity index (χ4n) is 2.36. The summed E-state index contributed by atoms with van der Waals surface area (Å²) in [5, 5.41) is 6.46. The van der Waals surface area contributed by atoms with Gasteiger partial charge in [-0.05, 0) is 51.0 Å². The van der Waals surface area contributed by atoms with Crippen LogP contribution < -0.4 is 10.6 Å². The number of carbonyl (C=O) groups is 1. The van der Waals surface area contributed by atoms with Crippen molar-refractivity contribution in [3.63, 3.8) is 0 Å². The third-order valence-corrected chi connectivity index (χ3v) is 4.30. The summed E-state index contributed by atoms with van der Waals surface area (Å²) in [7, 11) is 0. The predicted molar refractivity (Wildman–Crippen MR) is 104 cm³/mol. The zero-order valence-corrected chi connectivity index (χ0v) is 16.7. The van der Waals surface area contributed by atoms with Crippen LogP contribution in [0.2, 0.25) is 0 Å². The smallest absolute Gasteiger partial charge is 0.224 e. The van der Waals surface area contributed by atoms with Gasteiger partial charge in [0.25, 0.3) is 0 Å². The minimum Gasteiger partial charge on any atom is -0.357 e. The minimum absolute atomic E-state index is 0.173. The predicted octanol–water partition coefficient (Wildman–Crippen LogP) is 3.07. The number of benzene rings is 1. The molecule has 1 aromatic rings.